The second-order valence-electron chi connectivity index (χ2n) is 4.54. The van der Waals surface area contributed by atoms with Crippen LogP contribution in [0.4, 0.5) is 0 Å². The number of hydrogen-bond donors (Lipinski definition) is 0. The summed E-state index contributed by atoms with van der Waals surface area (Å²) in [6.45, 7) is 0.00956. The van der Waals surface area contributed by atoms with Crippen molar-refractivity contribution in [2.24, 2.45) is 0 Å². The molecule has 4 heteroatoms. The Morgan fingerprint density at radius 2 is 1.86 bits per heavy atom. The van der Waals surface area contributed by atoms with Crippen molar-refractivity contribution in [3.8, 4) is 5.75 Å². The second kappa shape index (κ2) is 6.06. The molecule has 3 rings (SSSR count). The summed E-state index contributed by atoms with van der Waals surface area (Å²) in [6.07, 6.45) is 1.74. The fraction of sp³-hybridized carbons (Fsp3) is 0.0588. The number of rotatable bonds is 4. The molecular formula is C17H12BrNO2. The summed E-state index contributed by atoms with van der Waals surface area (Å²) in [5, 5.41) is 0.906. The van der Waals surface area contributed by atoms with Gasteiger partial charge in [0.1, 0.15) is 5.75 Å². The molecule has 0 unspecified atom stereocenters. The Bertz CT molecular complexity index is 779. The van der Waals surface area contributed by atoms with Gasteiger partial charge in [0.15, 0.2) is 12.4 Å². The number of nitrogens with zero attached hydrogens (tertiary/aromatic N) is 1. The minimum atomic E-state index is -0.0524. The van der Waals surface area contributed by atoms with Crippen LogP contribution in [0.5, 0.6) is 5.75 Å². The topological polar surface area (TPSA) is 39.2 Å². The Kier molecular flexibility index (Phi) is 3.97. The van der Waals surface area contributed by atoms with E-state index in [2.05, 4.69) is 20.9 Å². The van der Waals surface area contributed by atoms with E-state index in [1.165, 1.54) is 0 Å². The predicted molar refractivity (Wildman–Crippen MR) is 85.7 cm³/mol. The molecule has 0 spiro atoms. The van der Waals surface area contributed by atoms with Crippen LogP contribution in [0.2, 0.25) is 0 Å². The lowest BCUT2D eigenvalue weighted by Gasteiger charge is -2.08. The average molecular weight is 342 g/mol. The highest BCUT2D eigenvalue weighted by molar-refractivity contribution is 9.10. The van der Waals surface area contributed by atoms with E-state index in [4.69, 9.17) is 4.74 Å². The lowest BCUT2D eigenvalue weighted by molar-refractivity contribution is 0.0922. The van der Waals surface area contributed by atoms with Gasteiger partial charge in [-0.15, -0.1) is 0 Å². The first-order valence-electron chi connectivity index (χ1n) is 6.49. The van der Waals surface area contributed by atoms with Crippen LogP contribution in [-0.2, 0) is 0 Å². The van der Waals surface area contributed by atoms with E-state index in [9.17, 15) is 4.79 Å². The van der Waals surface area contributed by atoms with Gasteiger partial charge in [-0.3, -0.25) is 9.78 Å². The van der Waals surface area contributed by atoms with Crippen LogP contribution in [0.3, 0.4) is 0 Å². The van der Waals surface area contributed by atoms with Gasteiger partial charge in [-0.2, -0.15) is 0 Å². The number of aromatic nitrogens is 1. The number of ether oxygens (including phenoxy) is 1. The number of benzene rings is 2. The zero-order chi connectivity index (χ0) is 14.7. The highest BCUT2D eigenvalue weighted by Gasteiger charge is 2.08. The Morgan fingerprint density at radius 3 is 2.67 bits per heavy atom. The highest BCUT2D eigenvalue weighted by atomic mass is 79.9. The second-order valence-corrected chi connectivity index (χ2v) is 5.46. The van der Waals surface area contributed by atoms with Gasteiger partial charge in [0.05, 0.1) is 5.52 Å². The first kappa shape index (κ1) is 13.8. The maximum Gasteiger partial charge on any atom is 0.200 e. The van der Waals surface area contributed by atoms with Crippen LogP contribution in [-0.4, -0.2) is 17.4 Å². The van der Waals surface area contributed by atoms with Gasteiger partial charge in [-0.05, 0) is 36.4 Å². The highest BCUT2D eigenvalue weighted by Crippen LogP contribution is 2.23. The van der Waals surface area contributed by atoms with E-state index >= 15 is 0 Å². The van der Waals surface area contributed by atoms with Crippen molar-refractivity contribution in [3.63, 3.8) is 0 Å². The normalized spacial score (nSPS) is 10.5. The maximum absolute atomic E-state index is 12.1. The molecular weight excluding hydrogens is 330 g/mol. The zero-order valence-corrected chi connectivity index (χ0v) is 12.7. The third-order valence-electron chi connectivity index (χ3n) is 3.13. The Hall–Kier alpha value is -2.20. The smallest absolute Gasteiger partial charge is 0.200 e. The third-order valence-corrected chi connectivity index (χ3v) is 3.66. The largest absolute Gasteiger partial charge is 0.485 e. The zero-order valence-electron chi connectivity index (χ0n) is 11.1. The number of ketones is 1. The van der Waals surface area contributed by atoms with Crippen LogP contribution in [0.25, 0.3) is 10.9 Å². The van der Waals surface area contributed by atoms with Gasteiger partial charge in [0, 0.05) is 21.6 Å². The minimum Gasteiger partial charge on any atom is -0.485 e. The molecule has 1 aromatic heterocycles. The SMILES string of the molecule is O=C(COc1cccc2ncccc12)c1ccc(Br)cc1. The van der Waals surface area contributed by atoms with Crippen LogP contribution >= 0.6 is 15.9 Å². The number of carbonyl (C=O) groups is 1. The lowest BCUT2D eigenvalue weighted by atomic mass is 10.1. The molecule has 21 heavy (non-hydrogen) atoms. The number of pyridine rings is 1. The minimum absolute atomic E-state index is 0.00956. The molecule has 104 valence electrons. The summed E-state index contributed by atoms with van der Waals surface area (Å²) in [6, 6.07) is 16.7. The molecule has 0 saturated carbocycles. The Balaban J connectivity index is 1.77. The molecule has 0 aliphatic carbocycles. The van der Waals surface area contributed by atoms with Gasteiger partial charge in [0.25, 0.3) is 0 Å². The van der Waals surface area contributed by atoms with E-state index < -0.39 is 0 Å². The van der Waals surface area contributed by atoms with Crippen LogP contribution in [0, 0.1) is 0 Å². The molecule has 1 heterocycles. The van der Waals surface area contributed by atoms with E-state index in [0.717, 1.165) is 15.4 Å². The Morgan fingerprint density at radius 1 is 1.05 bits per heavy atom. The number of fused-ring (bicyclic) bond motifs is 1. The van der Waals surface area contributed by atoms with Gasteiger partial charge in [-0.25, -0.2) is 0 Å². The first-order valence-corrected chi connectivity index (χ1v) is 7.28. The van der Waals surface area contributed by atoms with Crippen LogP contribution in [0.15, 0.2) is 65.3 Å². The molecule has 0 aliphatic rings. The van der Waals surface area contributed by atoms with Crippen molar-refractivity contribution in [3.05, 3.63) is 70.8 Å². The molecule has 0 radical (unpaired) electrons. The van der Waals surface area contributed by atoms with Crippen LogP contribution < -0.4 is 4.74 Å². The van der Waals surface area contributed by atoms with Gasteiger partial charge in [0.2, 0.25) is 0 Å². The molecule has 3 aromatic rings. The van der Waals surface area contributed by atoms with Crippen molar-refractivity contribution in [1.82, 2.24) is 4.98 Å². The van der Waals surface area contributed by atoms with Crippen molar-refractivity contribution in [1.29, 1.82) is 0 Å². The monoisotopic (exact) mass is 341 g/mol. The molecule has 0 bridgehead atoms. The summed E-state index contributed by atoms with van der Waals surface area (Å²) in [7, 11) is 0. The van der Waals surface area contributed by atoms with Gasteiger partial charge >= 0.3 is 0 Å². The number of carbonyl (C=O) groups excluding carboxylic acids is 1. The summed E-state index contributed by atoms with van der Waals surface area (Å²) >= 11 is 3.35. The predicted octanol–water partition coefficient (Wildman–Crippen LogP) is 4.26. The number of halogens is 1. The summed E-state index contributed by atoms with van der Waals surface area (Å²) in [5.74, 6) is 0.620. The fourth-order valence-electron chi connectivity index (χ4n) is 2.06. The van der Waals surface area contributed by atoms with Gasteiger partial charge in [-0.1, -0.05) is 34.1 Å². The lowest BCUT2D eigenvalue weighted by Crippen LogP contribution is -2.11. The number of hydrogen-bond acceptors (Lipinski definition) is 3. The molecule has 0 saturated heterocycles. The van der Waals surface area contributed by atoms with E-state index in [-0.39, 0.29) is 12.4 Å². The summed E-state index contributed by atoms with van der Waals surface area (Å²) in [4.78, 5) is 16.4. The fourth-order valence-corrected chi connectivity index (χ4v) is 2.33. The molecule has 0 atom stereocenters. The van der Waals surface area contributed by atoms with Gasteiger partial charge < -0.3 is 4.74 Å². The Labute approximate surface area is 130 Å². The average Bonchev–Trinajstić information content (AvgIpc) is 2.53. The van der Waals surface area contributed by atoms with Crippen molar-refractivity contribution < 1.29 is 9.53 Å². The molecule has 0 fully saturated rings. The van der Waals surface area contributed by atoms with Crippen molar-refractivity contribution in [2.45, 2.75) is 0 Å². The standard InChI is InChI=1S/C17H12BrNO2/c18-13-8-6-12(7-9-13)16(20)11-21-17-5-1-4-15-14(17)3-2-10-19-15/h1-10H,11H2. The van der Waals surface area contributed by atoms with E-state index in [1.54, 1.807) is 18.3 Å². The van der Waals surface area contributed by atoms with Crippen LogP contribution in [0.1, 0.15) is 10.4 Å². The van der Waals surface area contributed by atoms with Crippen molar-refractivity contribution in [2.75, 3.05) is 6.61 Å². The molecule has 0 aliphatic heterocycles. The maximum atomic E-state index is 12.1. The molecule has 3 nitrogen and oxygen atoms in total. The molecule has 0 N–H and O–H groups in total. The van der Waals surface area contributed by atoms with E-state index in [1.807, 2.05) is 42.5 Å². The summed E-state index contributed by atoms with van der Waals surface area (Å²) < 4.78 is 6.61. The molecule has 2 aromatic carbocycles. The number of Topliss-reactive ketones (excluding diaryl/α,β-unsaturated/α-hetero) is 1. The van der Waals surface area contributed by atoms with E-state index in [0.29, 0.717) is 11.3 Å². The third kappa shape index (κ3) is 3.11. The first-order chi connectivity index (χ1) is 10.2. The summed E-state index contributed by atoms with van der Waals surface area (Å²) in [5.41, 5.74) is 1.49. The molecule has 0 amide bonds. The van der Waals surface area contributed by atoms with Crippen molar-refractivity contribution >= 4 is 32.6 Å². The quantitative estimate of drug-likeness (QED) is 0.665.